The fourth-order valence-electron chi connectivity index (χ4n) is 3.27. The van der Waals surface area contributed by atoms with Gasteiger partial charge in [-0.15, -0.1) is 15.3 Å². The van der Waals surface area contributed by atoms with Gasteiger partial charge in [0.2, 0.25) is 0 Å². The molecule has 0 saturated carbocycles. The molecule has 0 aliphatic carbocycles. The molecule has 1 saturated heterocycles. The Balaban J connectivity index is 1.70. The quantitative estimate of drug-likeness (QED) is 0.848. The second-order valence-corrected chi connectivity index (χ2v) is 7.75. The molecule has 9 heteroatoms. The largest absolute Gasteiger partial charge is 0.388 e. The highest BCUT2D eigenvalue weighted by Crippen LogP contribution is 2.26. The van der Waals surface area contributed by atoms with E-state index >= 15 is 0 Å². The Morgan fingerprint density at radius 2 is 2.04 bits per heavy atom. The molecule has 24 heavy (non-hydrogen) atoms. The molecule has 0 spiro atoms. The summed E-state index contributed by atoms with van der Waals surface area (Å²) in [4.78, 5) is 2.22. The minimum atomic E-state index is -0.793. The molecule has 1 N–H and O–H groups in total. The lowest BCUT2D eigenvalue weighted by Crippen LogP contribution is -2.49. The summed E-state index contributed by atoms with van der Waals surface area (Å²) in [5, 5.41) is 31.1. The second kappa shape index (κ2) is 6.21. The molecule has 2 aromatic heterocycles. The lowest BCUT2D eigenvalue weighted by atomic mass is 9.89. The summed E-state index contributed by atoms with van der Waals surface area (Å²) in [7, 11) is 1.90. The summed E-state index contributed by atoms with van der Waals surface area (Å²) < 4.78 is 3.71. The van der Waals surface area contributed by atoms with Gasteiger partial charge in [0, 0.05) is 20.0 Å². The number of aryl methyl sites for hydroxylation is 1. The molecular weight excluding hydrogens is 308 g/mol. The van der Waals surface area contributed by atoms with Gasteiger partial charge in [-0.3, -0.25) is 4.90 Å². The molecule has 3 rings (SSSR count). The first-order valence-corrected chi connectivity index (χ1v) is 8.32. The van der Waals surface area contributed by atoms with Gasteiger partial charge in [0.15, 0.2) is 5.82 Å². The molecule has 0 radical (unpaired) electrons. The van der Waals surface area contributed by atoms with Crippen LogP contribution in [0.3, 0.4) is 0 Å². The van der Waals surface area contributed by atoms with Gasteiger partial charge in [0.1, 0.15) is 12.2 Å². The maximum Gasteiger partial charge on any atom is 0.165 e. The van der Waals surface area contributed by atoms with E-state index < -0.39 is 5.60 Å². The predicted octanol–water partition coefficient (Wildman–Crippen LogP) is 0.126. The molecule has 0 aromatic carbocycles. The molecule has 132 valence electrons. The molecular formula is C15H26N8O. The monoisotopic (exact) mass is 334 g/mol. The number of nitrogens with zero attached hydrogens (tertiary/aromatic N) is 8. The number of aliphatic hydroxyl groups is 1. The number of β-amino-alcohol motifs (C(OH)–C–C–N with tert-alkyl or cyclic N) is 1. The molecule has 9 nitrogen and oxygen atoms in total. The van der Waals surface area contributed by atoms with Crippen LogP contribution in [-0.4, -0.2) is 63.7 Å². The Bertz CT molecular complexity index is 688. The molecule has 0 bridgehead atoms. The molecule has 1 aliphatic rings. The minimum absolute atomic E-state index is 0.163. The number of rotatable bonds is 4. The van der Waals surface area contributed by atoms with Crippen molar-refractivity contribution in [2.45, 2.75) is 57.7 Å². The van der Waals surface area contributed by atoms with Crippen molar-refractivity contribution in [1.82, 2.24) is 39.9 Å². The van der Waals surface area contributed by atoms with E-state index in [0.29, 0.717) is 19.5 Å². The first-order chi connectivity index (χ1) is 11.3. The summed E-state index contributed by atoms with van der Waals surface area (Å²) in [6.07, 6.45) is 3.87. The van der Waals surface area contributed by atoms with Crippen LogP contribution in [0.25, 0.3) is 0 Å². The van der Waals surface area contributed by atoms with Crippen molar-refractivity contribution < 1.29 is 5.11 Å². The first kappa shape index (κ1) is 17.0. The van der Waals surface area contributed by atoms with Gasteiger partial charge in [-0.05, 0) is 50.6 Å². The van der Waals surface area contributed by atoms with E-state index in [0.717, 1.165) is 31.0 Å². The number of piperidine rings is 1. The smallest absolute Gasteiger partial charge is 0.165 e. The number of aromatic nitrogens is 7. The maximum absolute atomic E-state index is 11.0. The fraction of sp³-hybridized carbons (Fsp3) is 0.800. The van der Waals surface area contributed by atoms with Crippen LogP contribution in [0.4, 0.5) is 0 Å². The molecule has 2 aromatic rings. The Morgan fingerprint density at radius 3 is 2.71 bits per heavy atom. The Morgan fingerprint density at radius 1 is 1.25 bits per heavy atom. The van der Waals surface area contributed by atoms with Crippen molar-refractivity contribution in [2.24, 2.45) is 7.05 Å². The van der Waals surface area contributed by atoms with Crippen LogP contribution < -0.4 is 0 Å². The van der Waals surface area contributed by atoms with Gasteiger partial charge in [0.25, 0.3) is 0 Å². The number of hydrogen-bond acceptors (Lipinski definition) is 7. The van der Waals surface area contributed by atoms with E-state index in [4.69, 9.17) is 0 Å². The van der Waals surface area contributed by atoms with Gasteiger partial charge in [-0.2, -0.15) is 0 Å². The third-order valence-electron chi connectivity index (χ3n) is 4.46. The average molecular weight is 334 g/mol. The van der Waals surface area contributed by atoms with Crippen molar-refractivity contribution in [3.8, 4) is 0 Å². The van der Waals surface area contributed by atoms with E-state index in [1.54, 1.807) is 6.33 Å². The summed E-state index contributed by atoms with van der Waals surface area (Å²) in [5.74, 6) is 1.63. The zero-order valence-electron chi connectivity index (χ0n) is 14.8. The normalized spacial score (nSPS) is 22.9. The van der Waals surface area contributed by atoms with Crippen LogP contribution in [0.5, 0.6) is 0 Å². The number of hydrogen-bond donors (Lipinski definition) is 1. The molecule has 1 atom stereocenters. The van der Waals surface area contributed by atoms with E-state index in [1.807, 2.05) is 16.3 Å². The Labute approximate surface area is 141 Å². The predicted molar refractivity (Wildman–Crippen MR) is 87.0 cm³/mol. The van der Waals surface area contributed by atoms with E-state index in [9.17, 15) is 5.11 Å². The van der Waals surface area contributed by atoms with Crippen molar-refractivity contribution in [2.75, 3.05) is 13.1 Å². The van der Waals surface area contributed by atoms with Crippen molar-refractivity contribution in [3.63, 3.8) is 0 Å². The topological polar surface area (TPSA) is 97.8 Å². The van der Waals surface area contributed by atoms with Crippen LogP contribution in [-0.2, 0) is 25.6 Å². The van der Waals surface area contributed by atoms with Crippen LogP contribution in [0.1, 0.15) is 45.3 Å². The summed E-state index contributed by atoms with van der Waals surface area (Å²) in [6, 6.07) is 0. The van der Waals surface area contributed by atoms with E-state index in [-0.39, 0.29) is 5.54 Å². The van der Waals surface area contributed by atoms with Crippen LogP contribution in [0, 0.1) is 0 Å². The summed E-state index contributed by atoms with van der Waals surface area (Å²) >= 11 is 0. The third kappa shape index (κ3) is 3.62. The SMILES string of the molecule is Cn1cnnc1CC1(O)CCCN(Cc2nnnn2C(C)(C)C)C1. The molecule has 1 fully saturated rings. The lowest BCUT2D eigenvalue weighted by Gasteiger charge is -2.39. The van der Waals surface area contributed by atoms with Gasteiger partial charge in [0.05, 0.1) is 17.7 Å². The van der Waals surface area contributed by atoms with Crippen LogP contribution in [0.2, 0.25) is 0 Å². The molecule has 1 aliphatic heterocycles. The second-order valence-electron chi connectivity index (χ2n) is 7.75. The Hall–Kier alpha value is -1.87. The lowest BCUT2D eigenvalue weighted by molar-refractivity contribution is -0.0356. The van der Waals surface area contributed by atoms with Gasteiger partial charge >= 0.3 is 0 Å². The molecule has 1 unspecified atom stereocenters. The third-order valence-corrected chi connectivity index (χ3v) is 4.46. The highest BCUT2D eigenvalue weighted by molar-refractivity contribution is 4.99. The van der Waals surface area contributed by atoms with Crippen molar-refractivity contribution >= 4 is 0 Å². The minimum Gasteiger partial charge on any atom is -0.388 e. The van der Waals surface area contributed by atoms with Crippen molar-refractivity contribution in [3.05, 3.63) is 18.0 Å². The summed E-state index contributed by atoms with van der Waals surface area (Å²) in [6.45, 7) is 8.37. The zero-order valence-corrected chi connectivity index (χ0v) is 14.8. The fourth-order valence-corrected chi connectivity index (χ4v) is 3.27. The maximum atomic E-state index is 11.0. The average Bonchev–Trinajstić information content (AvgIpc) is 3.08. The van der Waals surface area contributed by atoms with Gasteiger partial charge in [-0.25, -0.2) is 4.68 Å². The molecule has 0 amide bonds. The van der Waals surface area contributed by atoms with E-state index in [2.05, 4.69) is 51.4 Å². The van der Waals surface area contributed by atoms with Crippen LogP contribution in [0.15, 0.2) is 6.33 Å². The Kier molecular flexibility index (Phi) is 4.39. The van der Waals surface area contributed by atoms with Crippen molar-refractivity contribution in [1.29, 1.82) is 0 Å². The van der Waals surface area contributed by atoms with Gasteiger partial charge in [-0.1, -0.05) is 0 Å². The highest BCUT2D eigenvalue weighted by Gasteiger charge is 2.35. The molecule has 3 heterocycles. The number of tetrazole rings is 1. The highest BCUT2D eigenvalue weighted by atomic mass is 16.3. The van der Waals surface area contributed by atoms with E-state index in [1.165, 1.54) is 0 Å². The van der Waals surface area contributed by atoms with Gasteiger partial charge < -0.3 is 9.67 Å². The summed E-state index contributed by atoms with van der Waals surface area (Å²) in [5.41, 5.74) is -0.956. The standard InChI is InChI=1S/C15H26N8O/c1-14(2,3)23-13(18-19-20-23)9-22-7-5-6-15(24,10-22)8-12-17-16-11-21(12)4/h11,24H,5-10H2,1-4H3. The zero-order chi connectivity index (χ0) is 17.4. The first-order valence-electron chi connectivity index (χ1n) is 8.32. The number of likely N-dealkylation sites (tertiary alicyclic amines) is 1. The van der Waals surface area contributed by atoms with Crippen LogP contribution >= 0.6 is 0 Å².